The number of carboxylic acids is 2. The van der Waals surface area contributed by atoms with Crippen LogP contribution in [0.3, 0.4) is 0 Å². The number of aliphatic carboxylic acids is 2. The summed E-state index contributed by atoms with van der Waals surface area (Å²) in [5.41, 5.74) is 0.540. The zero-order chi connectivity index (χ0) is 28.0. The van der Waals surface area contributed by atoms with Gasteiger partial charge in [-0.2, -0.15) is 21.6 Å². The van der Waals surface area contributed by atoms with Crippen LogP contribution in [0, 0.1) is 0 Å². The monoisotopic (exact) mass is 554 g/mol. The van der Waals surface area contributed by atoms with Crippen molar-refractivity contribution >= 4 is 39.6 Å². The van der Waals surface area contributed by atoms with Crippen molar-refractivity contribution in [2.45, 2.75) is 6.18 Å². The number of alkyl halides is 3. The van der Waals surface area contributed by atoms with Gasteiger partial charge in [0.1, 0.15) is 13.3 Å². The Kier molecular flexibility index (Phi) is 9.96. The molecule has 17 heteroatoms. The van der Waals surface area contributed by atoms with E-state index < -0.39 is 46.6 Å². The third-order valence-corrected chi connectivity index (χ3v) is 6.43. The summed E-state index contributed by atoms with van der Waals surface area (Å²) in [6.45, 7) is 2.76. The van der Waals surface area contributed by atoms with Gasteiger partial charge < -0.3 is 20.4 Å². The fourth-order valence-electron chi connectivity index (χ4n) is 3.25. The number of hydrogen-bond acceptors (Lipinski definition) is 10. The molecule has 1 saturated heterocycles. The van der Waals surface area contributed by atoms with Crippen molar-refractivity contribution in [1.82, 2.24) is 14.7 Å². The Bertz CT molecular complexity index is 1140. The maximum absolute atomic E-state index is 12.3. The van der Waals surface area contributed by atoms with Crippen LogP contribution in [-0.4, -0.2) is 122 Å². The highest BCUT2D eigenvalue weighted by molar-refractivity contribution is 7.86. The minimum atomic E-state index is -5.08. The van der Waals surface area contributed by atoms with Crippen LogP contribution >= 0.6 is 0 Å². The van der Waals surface area contributed by atoms with E-state index in [0.29, 0.717) is 17.1 Å². The Morgan fingerprint density at radius 3 is 2.16 bits per heavy atom. The Morgan fingerprint density at radius 1 is 1.05 bits per heavy atom. The third kappa shape index (κ3) is 8.96. The van der Waals surface area contributed by atoms with Gasteiger partial charge in [-0.15, -0.1) is 0 Å². The molecule has 0 radical (unpaired) electrons. The van der Waals surface area contributed by atoms with Gasteiger partial charge in [0.15, 0.2) is 0 Å². The standard InChI is InChI=1S/C18H24N4O7S.C2HF3O2/c1-20-4-6-21(7-5-20)8-9-30(27,28)29-12-19-13-2-3-14-15(10-13)18(26)22(17(14)25)11-16(23)24;3-2(4,5)1(6)7/h2-3,10,19H,4-9,11-12H2,1H3,(H,23,24);(H,6,7). The molecule has 1 aromatic rings. The molecule has 13 nitrogen and oxygen atoms in total. The Balaban J connectivity index is 0.000000604. The van der Waals surface area contributed by atoms with E-state index in [2.05, 4.69) is 15.1 Å². The van der Waals surface area contributed by atoms with E-state index in [4.69, 9.17) is 19.2 Å². The highest BCUT2D eigenvalue weighted by Gasteiger charge is 2.38. The maximum atomic E-state index is 12.3. The number of likely N-dealkylation sites (N-methyl/N-ethyl adjacent to an activating group) is 1. The molecule has 0 aliphatic carbocycles. The molecule has 1 fully saturated rings. The summed E-state index contributed by atoms with van der Waals surface area (Å²) in [7, 11) is -1.71. The molecule has 3 rings (SSSR count). The first-order valence-corrected chi connectivity index (χ1v) is 12.2. The molecule has 0 spiro atoms. The lowest BCUT2D eigenvalue weighted by atomic mass is 10.1. The Labute approximate surface area is 209 Å². The number of hydrogen-bond donors (Lipinski definition) is 3. The van der Waals surface area contributed by atoms with E-state index in [9.17, 15) is 36.0 Å². The second-order valence-electron chi connectivity index (χ2n) is 8.00. The number of anilines is 1. The van der Waals surface area contributed by atoms with E-state index in [1.54, 1.807) is 0 Å². The highest BCUT2D eigenvalue weighted by Crippen LogP contribution is 2.25. The fraction of sp³-hybridized carbons (Fsp3) is 0.500. The van der Waals surface area contributed by atoms with E-state index >= 15 is 0 Å². The van der Waals surface area contributed by atoms with E-state index in [1.807, 2.05) is 7.05 Å². The van der Waals surface area contributed by atoms with Gasteiger partial charge in [0.25, 0.3) is 21.9 Å². The van der Waals surface area contributed by atoms with E-state index in [1.165, 1.54) is 18.2 Å². The average Bonchev–Trinajstić information content (AvgIpc) is 3.02. The van der Waals surface area contributed by atoms with Crippen LogP contribution in [0.15, 0.2) is 18.2 Å². The first-order valence-electron chi connectivity index (χ1n) is 10.6. The van der Waals surface area contributed by atoms with Crippen LogP contribution in [0.2, 0.25) is 0 Å². The molecule has 2 aliphatic heterocycles. The summed E-state index contributed by atoms with van der Waals surface area (Å²) in [6, 6.07) is 4.26. The number of halogens is 3. The maximum Gasteiger partial charge on any atom is 0.490 e. The van der Waals surface area contributed by atoms with Gasteiger partial charge in [0.2, 0.25) is 0 Å². The van der Waals surface area contributed by atoms with Crippen molar-refractivity contribution in [3.8, 4) is 0 Å². The van der Waals surface area contributed by atoms with Crippen LogP contribution in [0.4, 0.5) is 18.9 Å². The van der Waals surface area contributed by atoms with Crippen LogP contribution in [0.1, 0.15) is 20.7 Å². The molecule has 0 aromatic heterocycles. The number of carbonyl (C=O) groups excluding carboxylic acids is 2. The number of benzene rings is 1. The van der Waals surface area contributed by atoms with Crippen LogP contribution in [-0.2, 0) is 23.9 Å². The molecule has 3 N–H and O–H groups in total. The van der Waals surface area contributed by atoms with Gasteiger partial charge in [-0.1, -0.05) is 0 Å². The number of nitrogens with zero attached hydrogens (tertiary/aromatic N) is 3. The van der Waals surface area contributed by atoms with Crippen molar-refractivity contribution in [2.24, 2.45) is 0 Å². The summed E-state index contributed by atoms with van der Waals surface area (Å²) in [4.78, 5) is 49.0. The smallest absolute Gasteiger partial charge is 0.480 e. The number of carbonyl (C=O) groups is 4. The molecule has 37 heavy (non-hydrogen) atoms. The zero-order valence-corrected chi connectivity index (χ0v) is 20.3. The number of piperazine rings is 1. The zero-order valence-electron chi connectivity index (χ0n) is 19.5. The Hall–Kier alpha value is -3.28. The van der Waals surface area contributed by atoms with Crippen LogP contribution in [0.5, 0.6) is 0 Å². The minimum Gasteiger partial charge on any atom is -0.480 e. The summed E-state index contributed by atoms with van der Waals surface area (Å²) in [5, 5.41) is 18.7. The first kappa shape index (κ1) is 29.9. The van der Waals surface area contributed by atoms with Gasteiger partial charge in [0, 0.05) is 38.4 Å². The van der Waals surface area contributed by atoms with Crippen molar-refractivity contribution in [1.29, 1.82) is 0 Å². The molecule has 0 saturated carbocycles. The van der Waals surface area contributed by atoms with Crippen LogP contribution in [0.25, 0.3) is 0 Å². The molecule has 0 bridgehead atoms. The van der Waals surface area contributed by atoms with Gasteiger partial charge in [-0.3, -0.25) is 24.2 Å². The largest absolute Gasteiger partial charge is 0.490 e. The molecule has 1 aromatic carbocycles. The normalized spacial score (nSPS) is 16.7. The van der Waals surface area contributed by atoms with Crippen LogP contribution < -0.4 is 5.32 Å². The molecule has 2 amide bonds. The van der Waals surface area contributed by atoms with Gasteiger partial charge in [-0.25, -0.2) is 8.98 Å². The summed E-state index contributed by atoms with van der Waals surface area (Å²) in [6.07, 6.45) is -5.08. The Morgan fingerprint density at radius 2 is 1.62 bits per heavy atom. The first-order chi connectivity index (χ1) is 17.1. The van der Waals surface area contributed by atoms with Crippen molar-refractivity contribution < 1.29 is 55.2 Å². The summed E-state index contributed by atoms with van der Waals surface area (Å²) >= 11 is 0. The van der Waals surface area contributed by atoms with E-state index in [-0.39, 0.29) is 23.6 Å². The number of amides is 2. The second kappa shape index (κ2) is 12.3. The molecule has 0 atom stereocenters. The summed E-state index contributed by atoms with van der Waals surface area (Å²) < 4.78 is 60.9. The number of carboxylic acid groups (broad SMARTS) is 2. The number of nitrogens with one attached hydrogen (secondary N) is 1. The number of imide groups is 1. The molecule has 206 valence electrons. The van der Waals surface area contributed by atoms with Crippen molar-refractivity contribution in [3.63, 3.8) is 0 Å². The number of fused-ring (bicyclic) bond motifs is 1. The lowest BCUT2D eigenvalue weighted by molar-refractivity contribution is -0.192. The molecule has 2 aliphatic rings. The number of rotatable bonds is 9. The molecule has 2 heterocycles. The average molecular weight is 555 g/mol. The van der Waals surface area contributed by atoms with Gasteiger partial charge >= 0.3 is 18.1 Å². The van der Waals surface area contributed by atoms with Gasteiger partial charge in [0.05, 0.1) is 16.9 Å². The summed E-state index contributed by atoms with van der Waals surface area (Å²) in [5.74, 6) is -5.56. The SMILES string of the molecule is CN1CCN(CCS(=O)(=O)OCNc2ccc3c(c2)C(=O)N(CC(=O)O)C3=O)CC1.O=C(O)C(F)(F)F. The van der Waals surface area contributed by atoms with Crippen molar-refractivity contribution in [3.05, 3.63) is 29.3 Å². The topological polar surface area (TPSA) is 174 Å². The highest BCUT2D eigenvalue weighted by atomic mass is 32.2. The lowest BCUT2D eigenvalue weighted by Gasteiger charge is -2.32. The predicted octanol–water partition coefficient (Wildman–Crippen LogP) is -0.0363. The van der Waals surface area contributed by atoms with E-state index in [0.717, 1.165) is 26.2 Å². The van der Waals surface area contributed by atoms with Gasteiger partial charge in [-0.05, 0) is 25.2 Å². The fourth-order valence-corrected chi connectivity index (χ4v) is 4.09. The predicted molar refractivity (Wildman–Crippen MR) is 120 cm³/mol. The molecule has 0 unspecified atom stereocenters. The molecular formula is C20H25F3N4O9S. The van der Waals surface area contributed by atoms with Crippen molar-refractivity contribution in [2.75, 3.05) is 64.1 Å². The quantitative estimate of drug-likeness (QED) is 0.212. The molecular weight excluding hydrogens is 529 g/mol. The lowest BCUT2D eigenvalue weighted by Crippen LogP contribution is -2.46. The second-order valence-corrected chi connectivity index (χ2v) is 9.76. The minimum absolute atomic E-state index is 0.0594. The third-order valence-electron chi connectivity index (χ3n) is 5.27.